The zero-order valence-electron chi connectivity index (χ0n) is 16.4. The van der Waals surface area contributed by atoms with Crippen LogP contribution in [0, 0.1) is 0 Å². The van der Waals surface area contributed by atoms with E-state index in [9.17, 15) is 4.57 Å². The molecule has 0 aliphatic carbocycles. The summed E-state index contributed by atoms with van der Waals surface area (Å²) >= 11 is 0. The molecule has 28 heavy (non-hydrogen) atoms. The van der Waals surface area contributed by atoms with Gasteiger partial charge in [-0.1, -0.05) is 60.7 Å². The van der Waals surface area contributed by atoms with E-state index in [1.807, 2.05) is 73.6 Å². The monoisotopic (exact) mass is 416 g/mol. The van der Waals surface area contributed by atoms with Crippen molar-refractivity contribution < 1.29 is 13.6 Å². The van der Waals surface area contributed by atoms with E-state index in [-0.39, 0.29) is 0 Å². The molecule has 0 radical (unpaired) electrons. The molecule has 0 saturated heterocycles. The van der Waals surface area contributed by atoms with Gasteiger partial charge in [-0.25, -0.2) is 0 Å². The zero-order chi connectivity index (χ0) is 20.0. The second-order valence-corrected chi connectivity index (χ2v) is 11.7. The van der Waals surface area contributed by atoms with Crippen LogP contribution < -0.4 is 16.0 Å². The van der Waals surface area contributed by atoms with Crippen LogP contribution >= 0.6 is 14.5 Å². The third-order valence-electron chi connectivity index (χ3n) is 4.42. The molecule has 3 aromatic rings. The van der Waals surface area contributed by atoms with Gasteiger partial charge in [-0.2, -0.15) is 5.10 Å². The van der Waals surface area contributed by atoms with Crippen molar-refractivity contribution in [1.29, 1.82) is 0 Å². The Hall–Kier alpha value is -1.90. The minimum absolute atomic E-state index is 0.308. The van der Waals surface area contributed by atoms with Crippen LogP contribution in [0.3, 0.4) is 0 Å². The molecule has 0 saturated carbocycles. The average molecular weight is 416 g/mol. The lowest BCUT2D eigenvalue weighted by Crippen LogP contribution is -2.31. The first-order chi connectivity index (χ1) is 13.6. The van der Waals surface area contributed by atoms with Gasteiger partial charge in [-0.05, 0) is 30.5 Å². The van der Waals surface area contributed by atoms with E-state index in [1.165, 1.54) is 0 Å². The van der Waals surface area contributed by atoms with Gasteiger partial charge in [0.15, 0.2) is 0 Å². The Balaban J connectivity index is 2.46. The Bertz CT molecular complexity index is 947. The number of nitrogens with zero attached hydrogens (tertiary/aromatic N) is 2. The van der Waals surface area contributed by atoms with Gasteiger partial charge < -0.3 is 9.05 Å². The first-order valence-electron chi connectivity index (χ1n) is 9.30. The molecular weight excluding hydrogens is 390 g/mol. The van der Waals surface area contributed by atoms with E-state index in [0.717, 1.165) is 16.0 Å². The van der Waals surface area contributed by atoms with Gasteiger partial charge >= 0.3 is 7.60 Å². The van der Waals surface area contributed by atoms with E-state index in [1.54, 1.807) is 6.20 Å². The van der Waals surface area contributed by atoms with Crippen molar-refractivity contribution >= 4 is 36.1 Å². The topological polar surface area (TPSA) is 53.3 Å². The second-order valence-electron chi connectivity index (χ2n) is 6.20. The molecule has 2 aromatic carbocycles. The van der Waals surface area contributed by atoms with Crippen molar-refractivity contribution in [3.05, 3.63) is 72.9 Å². The lowest BCUT2D eigenvalue weighted by Gasteiger charge is -2.29. The fraction of sp³-hybridized carbons (Fsp3) is 0.238. The predicted molar refractivity (Wildman–Crippen MR) is 119 cm³/mol. The van der Waals surface area contributed by atoms with Crippen LogP contribution in [0.15, 0.2) is 72.9 Å². The summed E-state index contributed by atoms with van der Waals surface area (Å²) in [6.45, 7) is 1.81. The molecule has 1 aromatic heterocycles. The summed E-state index contributed by atoms with van der Waals surface area (Å²) < 4.78 is 26.9. The van der Waals surface area contributed by atoms with Crippen molar-refractivity contribution in [3.8, 4) is 0 Å². The Kier molecular flexibility index (Phi) is 6.74. The second kappa shape index (κ2) is 9.07. The first-order valence-corrected chi connectivity index (χ1v) is 12.8. The van der Waals surface area contributed by atoms with Crippen LogP contribution in [0.5, 0.6) is 0 Å². The SMILES string of the molecule is CCOP(=O)(C=P(c1ccccc1)(c1ccccc1)c1ccnn1C)OCC. The minimum atomic E-state index is -3.45. The highest BCUT2D eigenvalue weighted by Crippen LogP contribution is 2.56. The Morgan fingerprint density at radius 2 is 1.39 bits per heavy atom. The van der Waals surface area contributed by atoms with E-state index >= 15 is 0 Å². The fourth-order valence-corrected chi connectivity index (χ4v) is 10.8. The number of rotatable bonds is 8. The van der Waals surface area contributed by atoms with Crippen LogP contribution in [0.4, 0.5) is 0 Å². The maximum Gasteiger partial charge on any atom is 0.355 e. The molecule has 1 heterocycles. The van der Waals surface area contributed by atoms with Gasteiger partial charge in [0.2, 0.25) is 0 Å². The number of aromatic nitrogens is 2. The molecule has 0 aliphatic heterocycles. The zero-order valence-corrected chi connectivity index (χ0v) is 18.2. The van der Waals surface area contributed by atoms with Crippen molar-refractivity contribution in [3.63, 3.8) is 0 Å². The Labute approximate surface area is 166 Å². The van der Waals surface area contributed by atoms with Gasteiger partial charge in [0, 0.05) is 25.7 Å². The summed E-state index contributed by atoms with van der Waals surface area (Å²) in [5, 5.41) is 6.56. The third kappa shape index (κ3) is 4.09. The summed E-state index contributed by atoms with van der Waals surface area (Å²) in [7, 11) is -1.54. The van der Waals surface area contributed by atoms with Crippen molar-refractivity contribution in [2.45, 2.75) is 13.8 Å². The largest absolute Gasteiger partial charge is 0.355 e. The number of hydrogen-bond acceptors (Lipinski definition) is 4. The molecule has 7 heteroatoms. The van der Waals surface area contributed by atoms with Crippen LogP contribution in [0.1, 0.15) is 13.8 Å². The van der Waals surface area contributed by atoms with Gasteiger partial charge in [0.05, 0.1) is 18.6 Å². The summed E-state index contributed by atoms with van der Waals surface area (Å²) in [5.74, 6) is 0. The molecule has 0 amide bonds. The van der Waals surface area contributed by atoms with Crippen molar-refractivity contribution in [1.82, 2.24) is 9.78 Å². The molecule has 0 spiro atoms. The minimum Gasteiger partial charge on any atom is -0.306 e. The molecule has 0 aliphatic rings. The highest BCUT2D eigenvalue weighted by Gasteiger charge is 2.34. The van der Waals surface area contributed by atoms with Gasteiger partial charge in [-0.3, -0.25) is 9.25 Å². The van der Waals surface area contributed by atoms with E-state index in [4.69, 9.17) is 9.05 Å². The van der Waals surface area contributed by atoms with E-state index in [2.05, 4.69) is 29.4 Å². The molecule has 0 N–H and O–H groups in total. The van der Waals surface area contributed by atoms with Gasteiger partial charge in [-0.15, -0.1) is 0 Å². The van der Waals surface area contributed by atoms with Crippen LogP contribution in [0.25, 0.3) is 0 Å². The number of hydrogen-bond donors (Lipinski definition) is 0. The maximum absolute atomic E-state index is 13.7. The van der Waals surface area contributed by atoms with Crippen LogP contribution in [-0.4, -0.2) is 28.5 Å². The first kappa shape index (κ1) is 20.8. The summed E-state index contributed by atoms with van der Waals surface area (Å²) in [4.78, 5) is 0. The fourth-order valence-electron chi connectivity index (χ4n) is 3.32. The molecule has 0 unspecified atom stereocenters. The molecule has 0 bridgehead atoms. The predicted octanol–water partition coefficient (Wildman–Crippen LogP) is 3.74. The molecule has 5 nitrogen and oxygen atoms in total. The molecule has 148 valence electrons. The third-order valence-corrected chi connectivity index (χ3v) is 11.6. The average Bonchev–Trinajstić information content (AvgIpc) is 3.14. The normalized spacial score (nSPS) is 12.1. The lowest BCUT2D eigenvalue weighted by molar-refractivity contribution is 0.234. The van der Waals surface area contributed by atoms with Crippen molar-refractivity contribution in [2.75, 3.05) is 13.2 Å². The van der Waals surface area contributed by atoms with E-state index in [0.29, 0.717) is 13.2 Å². The number of benzene rings is 2. The van der Waals surface area contributed by atoms with Crippen LogP contribution in [0.2, 0.25) is 0 Å². The van der Waals surface area contributed by atoms with Crippen molar-refractivity contribution in [2.24, 2.45) is 7.05 Å². The molecule has 3 rings (SSSR count). The lowest BCUT2D eigenvalue weighted by atomic mass is 10.4. The Morgan fingerprint density at radius 1 is 0.893 bits per heavy atom. The molecule has 0 fully saturated rings. The van der Waals surface area contributed by atoms with Gasteiger partial charge in [0.1, 0.15) is 0 Å². The van der Waals surface area contributed by atoms with Gasteiger partial charge in [0.25, 0.3) is 0 Å². The Morgan fingerprint density at radius 3 is 1.79 bits per heavy atom. The van der Waals surface area contributed by atoms with Crippen LogP contribution in [-0.2, 0) is 20.7 Å². The molecular formula is C21H26N2O3P2. The highest BCUT2D eigenvalue weighted by atomic mass is 31.2. The summed E-state index contributed by atoms with van der Waals surface area (Å²) in [6, 6.07) is 22.3. The number of aryl methyl sites for hydroxylation is 1. The smallest absolute Gasteiger partial charge is 0.306 e. The summed E-state index contributed by atoms with van der Waals surface area (Å²) in [6.07, 6.45) is 1.77. The standard InChI is InChI=1S/C21H26N2O3P2/c1-4-25-28(24,26-5-2)18-27(19-12-8-6-9-13-19,20-14-10-7-11-15-20)21-16-17-22-23(21)3/h6-18H,4-5H2,1-3H3. The quantitative estimate of drug-likeness (QED) is 0.525. The summed E-state index contributed by atoms with van der Waals surface area (Å²) in [5.41, 5.74) is 2.83. The molecule has 0 atom stereocenters. The highest BCUT2D eigenvalue weighted by molar-refractivity contribution is 8.03. The van der Waals surface area contributed by atoms with E-state index < -0.39 is 14.5 Å². The maximum atomic E-state index is 13.7.